The van der Waals surface area contributed by atoms with Crippen LogP contribution in [0.1, 0.15) is 32.1 Å². The second-order valence-electron chi connectivity index (χ2n) is 5.02. The highest BCUT2D eigenvalue weighted by Crippen LogP contribution is 2.18. The van der Waals surface area contributed by atoms with Gasteiger partial charge in [0.1, 0.15) is 0 Å². The minimum atomic E-state index is -3.18. The first-order valence-corrected chi connectivity index (χ1v) is 7.95. The molecular weight excluding hydrogens is 238 g/mol. The molecule has 0 bridgehead atoms. The molecule has 6 heteroatoms. The van der Waals surface area contributed by atoms with Crippen LogP contribution in [0.2, 0.25) is 0 Å². The van der Waals surface area contributed by atoms with Crippen molar-refractivity contribution in [1.82, 2.24) is 13.9 Å². The molecular formula is C11H23N3O2S. The van der Waals surface area contributed by atoms with Crippen LogP contribution in [0.15, 0.2) is 0 Å². The smallest absolute Gasteiger partial charge is 0.281 e. The fourth-order valence-electron chi connectivity index (χ4n) is 2.13. The molecule has 0 aromatic carbocycles. The third-order valence-corrected chi connectivity index (χ3v) is 5.43. The molecule has 2 rings (SSSR count). The van der Waals surface area contributed by atoms with E-state index in [2.05, 4.69) is 5.32 Å². The summed E-state index contributed by atoms with van der Waals surface area (Å²) < 4.78 is 27.3. The third-order valence-electron chi connectivity index (χ3n) is 3.45. The number of nitrogens with zero attached hydrogens (tertiary/aromatic N) is 2. The molecule has 17 heavy (non-hydrogen) atoms. The summed E-state index contributed by atoms with van der Waals surface area (Å²) in [7, 11) is -1.50. The lowest BCUT2D eigenvalue weighted by Crippen LogP contribution is -2.41. The summed E-state index contributed by atoms with van der Waals surface area (Å²) >= 11 is 0. The molecule has 1 saturated heterocycles. The van der Waals surface area contributed by atoms with Gasteiger partial charge in [0, 0.05) is 32.7 Å². The maximum absolute atomic E-state index is 12.1. The molecule has 0 amide bonds. The molecule has 5 nitrogen and oxygen atoms in total. The SMILES string of the molecule is CN(CCCNC1CC1)S(=O)(=O)N1CCCC1. The monoisotopic (exact) mass is 261 g/mol. The molecule has 1 saturated carbocycles. The van der Waals surface area contributed by atoms with Crippen LogP contribution >= 0.6 is 0 Å². The van der Waals surface area contributed by atoms with Crippen molar-refractivity contribution in [3.05, 3.63) is 0 Å². The lowest BCUT2D eigenvalue weighted by Gasteiger charge is -2.23. The van der Waals surface area contributed by atoms with Crippen LogP contribution in [-0.4, -0.2) is 56.3 Å². The highest BCUT2D eigenvalue weighted by Gasteiger charge is 2.28. The Morgan fingerprint density at radius 2 is 1.94 bits per heavy atom. The molecule has 1 heterocycles. The second kappa shape index (κ2) is 5.65. The van der Waals surface area contributed by atoms with Crippen molar-refractivity contribution in [2.45, 2.75) is 38.1 Å². The molecule has 2 fully saturated rings. The van der Waals surface area contributed by atoms with E-state index in [1.165, 1.54) is 17.1 Å². The standard InChI is InChI=1S/C11H23N3O2S/c1-13(8-4-7-12-11-5-6-11)17(15,16)14-9-2-3-10-14/h11-12H,2-10H2,1H3. The van der Waals surface area contributed by atoms with E-state index in [0.29, 0.717) is 25.7 Å². The molecule has 0 aromatic rings. The molecule has 1 aliphatic heterocycles. The summed E-state index contributed by atoms with van der Waals surface area (Å²) in [6.07, 6.45) is 5.44. The zero-order valence-corrected chi connectivity index (χ0v) is 11.4. The van der Waals surface area contributed by atoms with Crippen molar-refractivity contribution in [2.75, 3.05) is 33.2 Å². The topological polar surface area (TPSA) is 52.7 Å². The van der Waals surface area contributed by atoms with Crippen molar-refractivity contribution in [2.24, 2.45) is 0 Å². The van der Waals surface area contributed by atoms with Crippen LogP contribution in [0.5, 0.6) is 0 Å². The number of hydrogen-bond acceptors (Lipinski definition) is 3. The van der Waals surface area contributed by atoms with Gasteiger partial charge >= 0.3 is 0 Å². The van der Waals surface area contributed by atoms with Gasteiger partial charge < -0.3 is 5.32 Å². The Kier molecular flexibility index (Phi) is 4.41. The molecule has 2 aliphatic rings. The van der Waals surface area contributed by atoms with Gasteiger partial charge in [0.2, 0.25) is 0 Å². The van der Waals surface area contributed by atoms with Gasteiger partial charge in [-0.2, -0.15) is 17.0 Å². The molecule has 0 aromatic heterocycles. The average Bonchev–Trinajstić information content (AvgIpc) is 2.94. The zero-order valence-electron chi connectivity index (χ0n) is 10.6. The van der Waals surface area contributed by atoms with Gasteiger partial charge in [0.05, 0.1) is 0 Å². The molecule has 0 radical (unpaired) electrons. The Bertz CT molecular complexity index is 335. The quantitative estimate of drug-likeness (QED) is 0.675. The van der Waals surface area contributed by atoms with Gasteiger partial charge in [0.25, 0.3) is 10.2 Å². The Hall–Kier alpha value is -0.170. The van der Waals surface area contributed by atoms with E-state index < -0.39 is 10.2 Å². The first-order valence-electron chi connectivity index (χ1n) is 6.55. The van der Waals surface area contributed by atoms with E-state index in [1.54, 1.807) is 11.4 Å². The first kappa shape index (κ1) is 13.3. The lowest BCUT2D eigenvalue weighted by atomic mass is 10.4. The first-order chi connectivity index (χ1) is 8.10. The van der Waals surface area contributed by atoms with E-state index >= 15 is 0 Å². The zero-order chi connectivity index (χ0) is 12.3. The number of hydrogen-bond donors (Lipinski definition) is 1. The van der Waals surface area contributed by atoms with Crippen LogP contribution in [0.3, 0.4) is 0 Å². The van der Waals surface area contributed by atoms with Crippen molar-refractivity contribution in [1.29, 1.82) is 0 Å². The predicted octanol–water partition coefficient (Wildman–Crippen LogP) is 0.401. The lowest BCUT2D eigenvalue weighted by molar-refractivity contribution is 0.389. The number of rotatable bonds is 7. The fraction of sp³-hybridized carbons (Fsp3) is 1.00. The summed E-state index contributed by atoms with van der Waals surface area (Å²) in [5.74, 6) is 0. The Morgan fingerprint density at radius 3 is 2.53 bits per heavy atom. The van der Waals surface area contributed by atoms with Crippen LogP contribution in [0, 0.1) is 0 Å². The molecule has 0 spiro atoms. The fourth-order valence-corrected chi connectivity index (χ4v) is 3.60. The van der Waals surface area contributed by atoms with E-state index in [-0.39, 0.29) is 0 Å². The molecule has 1 N–H and O–H groups in total. The number of nitrogens with one attached hydrogen (secondary N) is 1. The summed E-state index contributed by atoms with van der Waals surface area (Å²) in [5.41, 5.74) is 0. The van der Waals surface area contributed by atoms with Gasteiger partial charge in [-0.05, 0) is 38.6 Å². The maximum Gasteiger partial charge on any atom is 0.281 e. The van der Waals surface area contributed by atoms with Crippen molar-refractivity contribution in [3.63, 3.8) is 0 Å². The van der Waals surface area contributed by atoms with Crippen LogP contribution < -0.4 is 5.32 Å². The van der Waals surface area contributed by atoms with Crippen LogP contribution in [-0.2, 0) is 10.2 Å². The van der Waals surface area contributed by atoms with Crippen molar-refractivity contribution >= 4 is 10.2 Å². The second-order valence-corrected chi connectivity index (χ2v) is 7.05. The van der Waals surface area contributed by atoms with E-state index in [9.17, 15) is 8.42 Å². The summed E-state index contributed by atoms with van der Waals surface area (Å²) in [6, 6.07) is 0.704. The van der Waals surface area contributed by atoms with Gasteiger partial charge in [-0.1, -0.05) is 0 Å². The highest BCUT2D eigenvalue weighted by molar-refractivity contribution is 7.86. The Morgan fingerprint density at radius 1 is 1.29 bits per heavy atom. The summed E-state index contributed by atoms with van der Waals surface area (Å²) in [5, 5.41) is 3.40. The Labute approximate surface area is 104 Å². The molecule has 100 valence electrons. The Balaban J connectivity index is 1.70. The van der Waals surface area contributed by atoms with Crippen LogP contribution in [0.25, 0.3) is 0 Å². The third kappa shape index (κ3) is 3.64. The van der Waals surface area contributed by atoms with Gasteiger partial charge in [0.15, 0.2) is 0 Å². The molecule has 0 unspecified atom stereocenters. The van der Waals surface area contributed by atoms with E-state index in [0.717, 1.165) is 25.8 Å². The van der Waals surface area contributed by atoms with Gasteiger partial charge in [-0.3, -0.25) is 0 Å². The normalized spacial score (nSPS) is 22.5. The minimum Gasteiger partial charge on any atom is -0.314 e. The van der Waals surface area contributed by atoms with Gasteiger partial charge in [-0.25, -0.2) is 0 Å². The molecule has 0 atom stereocenters. The summed E-state index contributed by atoms with van der Waals surface area (Å²) in [4.78, 5) is 0. The highest BCUT2D eigenvalue weighted by atomic mass is 32.2. The van der Waals surface area contributed by atoms with E-state index in [4.69, 9.17) is 0 Å². The van der Waals surface area contributed by atoms with Crippen molar-refractivity contribution < 1.29 is 8.42 Å². The minimum absolute atomic E-state index is 0.610. The predicted molar refractivity (Wildman–Crippen MR) is 68.0 cm³/mol. The van der Waals surface area contributed by atoms with E-state index in [1.807, 2.05) is 0 Å². The van der Waals surface area contributed by atoms with Gasteiger partial charge in [-0.15, -0.1) is 0 Å². The van der Waals surface area contributed by atoms with Crippen LogP contribution in [0.4, 0.5) is 0 Å². The average molecular weight is 261 g/mol. The maximum atomic E-state index is 12.1. The molecule has 1 aliphatic carbocycles. The summed E-state index contributed by atoms with van der Waals surface area (Å²) in [6.45, 7) is 2.91. The largest absolute Gasteiger partial charge is 0.314 e. The van der Waals surface area contributed by atoms with Crippen molar-refractivity contribution in [3.8, 4) is 0 Å².